The molecule has 4 rings (SSSR count). The Balaban J connectivity index is 1.85. The number of ether oxygens (including phenoxy) is 1. The van der Waals surface area contributed by atoms with Crippen LogP contribution in [0.25, 0.3) is 0 Å². The highest BCUT2D eigenvalue weighted by Crippen LogP contribution is 2.46. The molecular weight excluding hydrogens is 324 g/mol. The minimum Gasteiger partial charge on any atom is -0.497 e. The van der Waals surface area contributed by atoms with E-state index in [0.29, 0.717) is 6.42 Å². The van der Waals surface area contributed by atoms with Gasteiger partial charge >= 0.3 is 0 Å². The fourth-order valence-electron chi connectivity index (χ4n) is 3.94. The number of methoxy groups -OCH3 is 1. The molecule has 1 aliphatic heterocycles. The number of hydrogen-bond acceptors (Lipinski definition) is 4. The highest BCUT2D eigenvalue weighted by atomic mass is 16.5. The van der Waals surface area contributed by atoms with E-state index >= 15 is 0 Å². The number of ketones is 1. The zero-order valence-corrected chi connectivity index (χ0v) is 15.4. The van der Waals surface area contributed by atoms with Gasteiger partial charge < -0.3 is 15.4 Å². The van der Waals surface area contributed by atoms with Crippen LogP contribution >= 0.6 is 0 Å². The normalized spacial score (nSPS) is 21.0. The second-order valence-electron chi connectivity index (χ2n) is 7.86. The molecule has 134 valence electrons. The van der Waals surface area contributed by atoms with E-state index in [1.54, 1.807) is 7.11 Å². The zero-order valence-electron chi connectivity index (χ0n) is 15.4. The summed E-state index contributed by atoms with van der Waals surface area (Å²) >= 11 is 0. The number of fused-ring (bicyclic) bond motifs is 1. The molecule has 1 atom stereocenters. The van der Waals surface area contributed by atoms with E-state index in [4.69, 9.17) is 4.74 Å². The monoisotopic (exact) mass is 348 g/mol. The molecule has 1 heterocycles. The molecule has 26 heavy (non-hydrogen) atoms. The summed E-state index contributed by atoms with van der Waals surface area (Å²) in [7, 11) is 1.67. The molecule has 0 spiro atoms. The van der Waals surface area contributed by atoms with E-state index in [9.17, 15) is 4.79 Å². The third kappa shape index (κ3) is 2.96. The van der Waals surface area contributed by atoms with E-state index < -0.39 is 0 Å². The van der Waals surface area contributed by atoms with Gasteiger partial charge in [-0.2, -0.15) is 0 Å². The standard InChI is InChI=1S/C22H24N2O2/c1-22(2)12-16-20(14-8-10-15(26-3)11-9-14)23-17-6-4-5-7-18(17)24-21(16)19(25)13-22/h4-11,20,23-24H,12-13H2,1-3H3. The summed E-state index contributed by atoms with van der Waals surface area (Å²) in [6.07, 6.45) is 1.44. The second-order valence-corrected chi connectivity index (χ2v) is 7.86. The molecule has 0 radical (unpaired) electrons. The van der Waals surface area contributed by atoms with Crippen molar-refractivity contribution in [1.29, 1.82) is 0 Å². The average molecular weight is 348 g/mol. The summed E-state index contributed by atoms with van der Waals surface area (Å²) < 4.78 is 5.30. The second kappa shape index (κ2) is 6.20. The van der Waals surface area contributed by atoms with Crippen molar-refractivity contribution in [1.82, 2.24) is 0 Å². The maximum Gasteiger partial charge on any atom is 0.179 e. The number of nitrogens with one attached hydrogen (secondary N) is 2. The number of rotatable bonds is 2. The minimum absolute atomic E-state index is 0.0411. The van der Waals surface area contributed by atoms with Crippen LogP contribution in [-0.4, -0.2) is 12.9 Å². The van der Waals surface area contributed by atoms with Crippen molar-refractivity contribution in [3.63, 3.8) is 0 Å². The van der Waals surface area contributed by atoms with Gasteiger partial charge in [0.15, 0.2) is 5.78 Å². The lowest BCUT2D eigenvalue weighted by molar-refractivity contribution is -0.118. The molecule has 0 bridgehead atoms. The number of hydrogen-bond donors (Lipinski definition) is 2. The van der Waals surface area contributed by atoms with Crippen LogP contribution in [0.3, 0.4) is 0 Å². The van der Waals surface area contributed by atoms with Crippen molar-refractivity contribution in [2.45, 2.75) is 32.7 Å². The summed E-state index contributed by atoms with van der Waals surface area (Å²) in [5.74, 6) is 1.02. The molecule has 2 N–H and O–H groups in total. The maximum atomic E-state index is 12.9. The van der Waals surface area contributed by atoms with Crippen LogP contribution in [0.4, 0.5) is 11.4 Å². The molecule has 2 aromatic carbocycles. The van der Waals surface area contributed by atoms with Crippen molar-refractivity contribution in [3.05, 3.63) is 65.4 Å². The lowest BCUT2D eigenvalue weighted by Gasteiger charge is -2.35. The molecule has 1 aliphatic carbocycles. The fourth-order valence-corrected chi connectivity index (χ4v) is 3.94. The van der Waals surface area contributed by atoms with Crippen molar-refractivity contribution < 1.29 is 9.53 Å². The Hall–Kier alpha value is -2.75. The Bertz CT molecular complexity index is 881. The quantitative estimate of drug-likeness (QED) is 0.809. The Kier molecular flexibility index (Phi) is 3.98. The first-order valence-electron chi connectivity index (χ1n) is 9.00. The molecular formula is C22H24N2O2. The highest BCUT2D eigenvalue weighted by molar-refractivity contribution is 6.02. The summed E-state index contributed by atoms with van der Waals surface area (Å²) in [6.45, 7) is 4.33. The van der Waals surface area contributed by atoms with Crippen LogP contribution < -0.4 is 15.4 Å². The third-order valence-electron chi connectivity index (χ3n) is 5.19. The molecule has 0 saturated heterocycles. The topological polar surface area (TPSA) is 50.4 Å². The number of carbonyl (C=O) groups is 1. The Morgan fingerprint density at radius 1 is 1.00 bits per heavy atom. The zero-order chi connectivity index (χ0) is 18.3. The van der Waals surface area contributed by atoms with Crippen LogP contribution in [0.5, 0.6) is 5.75 Å². The molecule has 0 aromatic heterocycles. The van der Waals surface area contributed by atoms with Gasteiger partial charge in [-0.15, -0.1) is 0 Å². The number of Topliss-reactive ketones (excluding diaryl/α,β-unsaturated/α-hetero) is 1. The number of benzene rings is 2. The van der Waals surface area contributed by atoms with E-state index in [2.05, 4.69) is 36.6 Å². The summed E-state index contributed by atoms with van der Waals surface area (Å²) in [5, 5.41) is 7.07. The predicted octanol–water partition coefficient (Wildman–Crippen LogP) is 4.92. The summed E-state index contributed by atoms with van der Waals surface area (Å²) in [4.78, 5) is 12.9. The smallest absolute Gasteiger partial charge is 0.179 e. The van der Waals surface area contributed by atoms with Crippen molar-refractivity contribution in [3.8, 4) is 5.75 Å². The number of allylic oxidation sites excluding steroid dienone is 1. The minimum atomic E-state index is -0.0458. The van der Waals surface area contributed by atoms with Crippen LogP contribution in [0.15, 0.2) is 59.8 Å². The van der Waals surface area contributed by atoms with Gasteiger partial charge in [-0.05, 0) is 47.2 Å². The van der Waals surface area contributed by atoms with Gasteiger partial charge in [0.2, 0.25) is 0 Å². The lowest BCUT2D eigenvalue weighted by Crippen LogP contribution is -2.31. The molecule has 1 unspecified atom stereocenters. The van der Waals surface area contributed by atoms with E-state index in [1.807, 2.05) is 36.4 Å². The van der Waals surface area contributed by atoms with Gasteiger partial charge in [-0.3, -0.25) is 4.79 Å². The molecule has 2 aliphatic rings. The van der Waals surface area contributed by atoms with Gasteiger partial charge in [0, 0.05) is 6.42 Å². The Morgan fingerprint density at radius 3 is 2.38 bits per heavy atom. The van der Waals surface area contributed by atoms with Gasteiger partial charge in [-0.1, -0.05) is 38.1 Å². The number of carbonyl (C=O) groups excluding carboxylic acids is 1. The largest absolute Gasteiger partial charge is 0.497 e. The predicted molar refractivity (Wildman–Crippen MR) is 104 cm³/mol. The average Bonchev–Trinajstić information content (AvgIpc) is 2.78. The molecule has 4 heteroatoms. The fraction of sp³-hybridized carbons (Fsp3) is 0.318. The molecule has 0 fully saturated rings. The molecule has 4 nitrogen and oxygen atoms in total. The van der Waals surface area contributed by atoms with Crippen LogP contribution in [0.1, 0.15) is 38.3 Å². The van der Waals surface area contributed by atoms with Crippen molar-refractivity contribution in [2.75, 3.05) is 17.7 Å². The molecule has 0 saturated carbocycles. The number of anilines is 2. The van der Waals surface area contributed by atoms with Crippen LogP contribution in [0.2, 0.25) is 0 Å². The lowest BCUT2D eigenvalue weighted by atomic mass is 9.73. The van der Waals surface area contributed by atoms with Crippen LogP contribution in [0, 0.1) is 5.41 Å². The first-order chi connectivity index (χ1) is 12.5. The Labute approximate surface area is 154 Å². The van der Waals surface area contributed by atoms with Gasteiger partial charge in [-0.25, -0.2) is 0 Å². The Morgan fingerprint density at radius 2 is 1.69 bits per heavy atom. The van der Waals surface area contributed by atoms with E-state index in [0.717, 1.165) is 40.4 Å². The highest BCUT2D eigenvalue weighted by Gasteiger charge is 2.38. The van der Waals surface area contributed by atoms with E-state index in [-0.39, 0.29) is 17.2 Å². The van der Waals surface area contributed by atoms with Crippen molar-refractivity contribution >= 4 is 17.2 Å². The van der Waals surface area contributed by atoms with Crippen molar-refractivity contribution in [2.24, 2.45) is 5.41 Å². The SMILES string of the molecule is COc1ccc(C2Nc3ccccc3NC3=C2CC(C)(C)CC3=O)cc1. The first kappa shape index (κ1) is 16.7. The van der Waals surface area contributed by atoms with Crippen LogP contribution in [-0.2, 0) is 4.79 Å². The molecule has 0 amide bonds. The third-order valence-corrected chi connectivity index (χ3v) is 5.19. The summed E-state index contributed by atoms with van der Waals surface area (Å²) in [5.41, 5.74) is 4.93. The summed E-state index contributed by atoms with van der Waals surface area (Å²) in [6, 6.07) is 16.1. The maximum absolute atomic E-state index is 12.9. The van der Waals surface area contributed by atoms with Gasteiger partial charge in [0.25, 0.3) is 0 Å². The van der Waals surface area contributed by atoms with Gasteiger partial charge in [0.05, 0.1) is 30.2 Å². The first-order valence-corrected chi connectivity index (χ1v) is 9.00. The molecule has 2 aromatic rings. The van der Waals surface area contributed by atoms with Gasteiger partial charge in [0.1, 0.15) is 5.75 Å². The number of para-hydroxylation sites is 2. The van der Waals surface area contributed by atoms with E-state index in [1.165, 1.54) is 0 Å².